The molecule has 0 fully saturated rings. The molecule has 0 saturated carbocycles. The lowest BCUT2D eigenvalue weighted by Gasteiger charge is -2.12. The minimum atomic E-state index is -0.910. The number of hydrogen-bond donors (Lipinski definition) is 0. The number of nitrogens with zero attached hydrogens (tertiary/aromatic N) is 1. The van der Waals surface area contributed by atoms with E-state index in [1.54, 1.807) is 0 Å². The molecule has 4 heteroatoms. The quantitative estimate of drug-likeness (QED) is 0.766. The fraction of sp³-hybridized carbons (Fsp3) is 0.429. The van der Waals surface area contributed by atoms with Crippen molar-refractivity contribution in [2.75, 3.05) is 0 Å². The van der Waals surface area contributed by atoms with Gasteiger partial charge < -0.3 is 0 Å². The lowest BCUT2D eigenvalue weighted by molar-refractivity contribution is 0.0932. The second-order valence-electron chi connectivity index (χ2n) is 4.76. The minimum absolute atomic E-state index is 0.156. The molecule has 0 radical (unpaired) electrons. The summed E-state index contributed by atoms with van der Waals surface area (Å²) in [7, 11) is 0. The Bertz CT molecular complexity index is 503. The second-order valence-corrected chi connectivity index (χ2v) is 4.76. The predicted molar refractivity (Wildman–Crippen MR) is 64.0 cm³/mol. The molecule has 1 unspecified atom stereocenters. The summed E-state index contributed by atoms with van der Waals surface area (Å²) >= 11 is 0. The maximum atomic E-state index is 13.5. The van der Waals surface area contributed by atoms with Crippen molar-refractivity contribution >= 4 is 5.78 Å². The van der Waals surface area contributed by atoms with E-state index >= 15 is 0 Å². The van der Waals surface area contributed by atoms with E-state index in [2.05, 4.69) is 0 Å². The highest BCUT2D eigenvalue weighted by Gasteiger charge is 2.24. The van der Waals surface area contributed by atoms with E-state index in [0.29, 0.717) is 12.5 Å². The van der Waals surface area contributed by atoms with Gasteiger partial charge >= 0.3 is 0 Å². The normalized spacial score (nSPS) is 12.3. The maximum Gasteiger partial charge on any atom is 0.182 e. The first-order chi connectivity index (χ1) is 8.36. The van der Waals surface area contributed by atoms with Gasteiger partial charge in [0.25, 0.3) is 0 Å². The van der Waals surface area contributed by atoms with Crippen molar-refractivity contribution in [1.29, 1.82) is 5.26 Å². The Kier molecular flexibility index (Phi) is 4.55. The molecule has 1 rings (SSSR count). The van der Waals surface area contributed by atoms with Gasteiger partial charge in [-0.15, -0.1) is 0 Å². The summed E-state index contributed by atoms with van der Waals surface area (Å²) in [6.45, 7) is 5.21. The molecule has 0 aliphatic carbocycles. The van der Waals surface area contributed by atoms with Crippen molar-refractivity contribution in [2.45, 2.75) is 27.2 Å². The van der Waals surface area contributed by atoms with Crippen LogP contribution < -0.4 is 0 Å². The van der Waals surface area contributed by atoms with Crippen molar-refractivity contribution in [2.24, 2.45) is 11.8 Å². The summed E-state index contributed by atoms with van der Waals surface area (Å²) in [4.78, 5) is 12.0. The molecule has 1 aromatic rings. The summed E-state index contributed by atoms with van der Waals surface area (Å²) in [5, 5.41) is 8.95. The molecule has 0 N–H and O–H groups in total. The Morgan fingerprint density at radius 3 is 2.44 bits per heavy atom. The third-order valence-corrected chi connectivity index (χ3v) is 2.69. The number of rotatable bonds is 4. The number of carbonyl (C=O) groups excluding carboxylic acids is 1. The number of ketones is 1. The monoisotopic (exact) mass is 251 g/mol. The Balaban J connectivity index is 3.10. The van der Waals surface area contributed by atoms with Gasteiger partial charge in [-0.05, 0) is 30.9 Å². The molecule has 0 bridgehead atoms. The van der Waals surface area contributed by atoms with Gasteiger partial charge in [0, 0.05) is 6.07 Å². The third kappa shape index (κ3) is 3.13. The number of nitriles is 1. The van der Waals surface area contributed by atoms with Crippen molar-refractivity contribution in [1.82, 2.24) is 0 Å². The lowest BCUT2D eigenvalue weighted by atomic mass is 9.90. The van der Waals surface area contributed by atoms with E-state index in [4.69, 9.17) is 5.26 Å². The highest BCUT2D eigenvalue weighted by atomic mass is 19.1. The number of halogens is 2. The fourth-order valence-corrected chi connectivity index (χ4v) is 1.72. The summed E-state index contributed by atoms with van der Waals surface area (Å²) in [5.41, 5.74) is -0.0120. The molecular formula is C14H15F2NO. The molecule has 0 aliphatic heterocycles. The lowest BCUT2D eigenvalue weighted by Crippen LogP contribution is -2.17. The largest absolute Gasteiger partial charge is 0.293 e. The molecule has 96 valence electrons. The van der Waals surface area contributed by atoms with Crippen LogP contribution in [0, 0.1) is 41.7 Å². The molecule has 0 spiro atoms. The van der Waals surface area contributed by atoms with Crippen LogP contribution in [0.3, 0.4) is 0 Å². The van der Waals surface area contributed by atoms with Gasteiger partial charge in [0.05, 0.1) is 11.6 Å². The predicted octanol–water partition coefficient (Wildman–Crippen LogP) is 3.64. The summed E-state index contributed by atoms with van der Waals surface area (Å²) in [6.07, 6.45) is 0.366. The summed E-state index contributed by atoms with van der Waals surface area (Å²) < 4.78 is 26.6. The molecule has 1 atom stereocenters. The Hall–Kier alpha value is -1.76. The van der Waals surface area contributed by atoms with Crippen LogP contribution in [-0.2, 0) is 0 Å². The average molecular weight is 251 g/mol. The van der Waals surface area contributed by atoms with Crippen molar-refractivity contribution in [3.8, 4) is 6.07 Å². The average Bonchev–Trinajstić information content (AvgIpc) is 2.29. The second kappa shape index (κ2) is 5.72. The maximum absolute atomic E-state index is 13.5. The van der Waals surface area contributed by atoms with Crippen LogP contribution in [0.4, 0.5) is 8.78 Å². The van der Waals surface area contributed by atoms with Gasteiger partial charge in [0.15, 0.2) is 5.78 Å². The Morgan fingerprint density at radius 1 is 1.33 bits per heavy atom. The molecule has 18 heavy (non-hydrogen) atoms. The molecule has 0 heterocycles. The molecule has 0 aromatic heterocycles. The SMILES string of the molecule is Cc1cc(C(=O)C(C#N)CC(C)C)c(F)cc1F. The van der Waals surface area contributed by atoms with Crippen LogP contribution in [0.2, 0.25) is 0 Å². The first-order valence-corrected chi connectivity index (χ1v) is 5.76. The van der Waals surface area contributed by atoms with Gasteiger partial charge in [-0.1, -0.05) is 13.8 Å². The number of hydrogen-bond acceptors (Lipinski definition) is 2. The third-order valence-electron chi connectivity index (χ3n) is 2.69. The number of carbonyl (C=O) groups is 1. The summed E-state index contributed by atoms with van der Waals surface area (Å²) in [5.74, 6) is -2.91. The zero-order valence-electron chi connectivity index (χ0n) is 10.6. The van der Waals surface area contributed by atoms with E-state index in [1.807, 2.05) is 19.9 Å². The van der Waals surface area contributed by atoms with Gasteiger partial charge in [-0.2, -0.15) is 5.26 Å². The van der Waals surface area contributed by atoms with Crippen LogP contribution in [0.5, 0.6) is 0 Å². The van der Waals surface area contributed by atoms with E-state index in [0.717, 1.165) is 6.07 Å². The van der Waals surface area contributed by atoms with E-state index in [9.17, 15) is 13.6 Å². The molecule has 0 aliphatic rings. The summed E-state index contributed by atoms with van der Waals surface area (Å²) in [6, 6.07) is 3.73. The van der Waals surface area contributed by atoms with Crippen LogP contribution in [0.25, 0.3) is 0 Å². The number of benzene rings is 1. The minimum Gasteiger partial charge on any atom is -0.293 e. The van der Waals surface area contributed by atoms with E-state index in [-0.39, 0.29) is 17.0 Å². The standard InChI is InChI=1S/C14H15F2NO/c1-8(2)4-10(7-17)14(18)11-5-9(3)12(15)6-13(11)16/h5-6,8,10H,4H2,1-3H3. The van der Waals surface area contributed by atoms with E-state index in [1.165, 1.54) is 6.92 Å². The molecular weight excluding hydrogens is 236 g/mol. The van der Waals surface area contributed by atoms with Gasteiger partial charge in [0.2, 0.25) is 0 Å². The Labute approximate surface area is 105 Å². The molecule has 0 saturated heterocycles. The van der Waals surface area contributed by atoms with Crippen molar-refractivity contribution in [3.05, 3.63) is 34.9 Å². The highest BCUT2D eigenvalue weighted by molar-refractivity contribution is 5.99. The molecule has 1 aromatic carbocycles. The zero-order chi connectivity index (χ0) is 13.9. The van der Waals surface area contributed by atoms with Gasteiger partial charge in [-0.25, -0.2) is 8.78 Å². The van der Waals surface area contributed by atoms with Crippen molar-refractivity contribution < 1.29 is 13.6 Å². The Morgan fingerprint density at radius 2 is 1.94 bits per heavy atom. The van der Waals surface area contributed by atoms with E-state index < -0.39 is 23.3 Å². The first kappa shape index (κ1) is 14.3. The van der Waals surface area contributed by atoms with Crippen LogP contribution in [0.1, 0.15) is 36.2 Å². The zero-order valence-corrected chi connectivity index (χ0v) is 10.6. The van der Waals surface area contributed by atoms with Crippen LogP contribution in [-0.4, -0.2) is 5.78 Å². The van der Waals surface area contributed by atoms with Crippen LogP contribution in [0.15, 0.2) is 12.1 Å². The van der Waals surface area contributed by atoms with Crippen LogP contribution >= 0.6 is 0 Å². The topological polar surface area (TPSA) is 40.9 Å². The van der Waals surface area contributed by atoms with Crippen molar-refractivity contribution in [3.63, 3.8) is 0 Å². The fourth-order valence-electron chi connectivity index (χ4n) is 1.72. The van der Waals surface area contributed by atoms with Gasteiger partial charge in [-0.3, -0.25) is 4.79 Å². The first-order valence-electron chi connectivity index (χ1n) is 5.76. The molecule has 0 amide bonds. The van der Waals surface area contributed by atoms with Gasteiger partial charge in [0.1, 0.15) is 17.6 Å². The smallest absolute Gasteiger partial charge is 0.182 e. The number of Topliss-reactive ketones (excluding diaryl/α,β-unsaturated/α-hetero) is 1. The highest BCUT2D eigenvalue weighted by Crippen LogP contribution is 2.21. The molecule has 2 nitrogen and oxygen atoms in total. The number of aryl methyl sites for hydroxylation is 1.